The van der Waals surface area contributed by atoms with E-state index in [1.165, 1.54) is 0 Å². The van der Waals surface area contributed by atoms with E-state index in [0.29, 0.717) is 17.1 Å². The molecule has 1 amide bonds. The lowest BCUT2D eigenvalue weighted by molar-refractivity contribution is 0.102. The Morgan fingerprint density at radius 1 is 1.05 bits per heavy atom. The van der Waals surface area contributed by atoms with Crippen molar-refractivity contribution in [1.29, 1.82) is 0 Å². The molecule has 0 aliphatic heterocycles. The number of amides is 1. The van der Waals surface area contributed by atoms with Gasteiger partial charge in [-0.05, 0) is 23.8 Å². The number of anilines is 2. The van der Waals surface area contributed by atoms with Gasteiger partial charge in [-0.1, -0.05) is 36.4 Å². The normalized spacial score (nSPS) is 10.3. The van der Waals surface area contributed by atoms with Gasteiger partial charge >= 0.3 is 0 Å². The Morgan fingerprint density at radius 3 is 2.62 bits per heavy atom. The Bertz CT molecular complexity index is 765. The van der Waals surface area contributed by atoms with Crippen LogP contribution in [0.15, 0.2) is 60.7 Å². The third kappa shape index (κ3) is 2.92. The molecule has 3 aromatic rings. The summed E-state index contributed by atoms with van der Waals surface area (Å²) < 4.78 is 0. The SMILES string of the molecule is Nc1cccc(C(=O)Nc2cc(-c3ccccc3)[nH]n2)c1. The number of nitrogens with zero attached hydrogens (tertiary/aromatic N) is 1. The molecule has 0 aliphatic rings. The number of nitrogens with two attached hydrogens (primary N) is 1. The Morgan fingerprint density at radius 2 is 1.86 bits per heavy atom. The van der Waals surface area contributed by atoms with Crippen molar-refractivity contribution >= 4 is 17.4 Å². The van der Waals surface area contributed by atoms with Crippen molar-refractivity contribution in [1.82, 2.24) is 10.2 Å². The number of carbonyl (C=O) groups excluding carboxylic acids is 1. The van der Waals surface area contributed by atoms with Crippen molar-refractivity contribution in [2.24, 2.45) is 0 Å². The van der Waals surface area contributed by atoms with Gasteiger partial charge < -0.3 is 11.1 Å². The summed E-state index contributed by atoms with van der Waals surface area (Å²) >= 11 is 0. The van der Waals surface area contributed by atoms with Gasteiger partial charge in [-0.2, -0.15) is 5.10 Å². The van der Waals surface area contributed by atoms with Crippen LogP contribution >= 0.6 is 0 Å². The third-order valence-electron chi connectivity index (χ3n) is 3.05. The van der Waals surface area contributed by atoms with E-state index < -0.39 is 0 Å². The van der Waals surface area contributed by atoms with Gasteiger partial charge in [-0.3, -0.25) is 9.89 Å². The molecule has 0 radical (unpaired) electrons. The highest BCUT2D eigenvalue weighted by atomic mass is 16.1. The van der Waals surface area contributed by atoms with Crippen LogP contribution in [0.25, 0.3) is 11.3 Å². The number of hydrogen-bond acceptors (Lipinski definition) is 3. The molecule has 0 saturated heterocycles. The quantitative estimate of drug-likeness (QED) is 0.644. The highest BCUT2D eigenvalue weighted by molar-refractivity contribution is 6.04. The van der Waals surface area contributed by atoms with E-state index in [1.54, 1.807) is 30.3 Å². The molecule has 5 heteroatoms. The van der Waals surface area contributed by atoms with E-state index in [1.807, 2.05) is 30.3 Å². The summed E-state index contributed by atoms with van der Waals surface area (Å²) in [7, 11) is 0. The molecule has 0 atom stereocenters. The molecular weight excluding hydrogens is 264 g/mol. The van der Waals surface area contributed by atoms with Crippen LogP contribution in [0.5, 0.6) is 0 Å². The molecule has 0 unspecified atom stereocenters. The van der Waals surface area contributed by atoms with E-state index in [-0.39, 0.29) is 5.91 Å². The molecule has 1 aromatic heterocycles. The van der Waals surface area contributed by atoms with Crippen LogP contribution in [0.2, 0.25) is 0 Å². The fourth-order valence-corrected chi connectivity index (χ4v) is 2.02. The van der Waals surface area contributed by atoms with Crippen molar-refractivity contribution in [3.8, 4) is 11.3 Å². The second-order valence-electron chi connectivity index (χ2n) is 4.61. The highest BCUT2D eigenvalue weighted by Gasteiger charge is 2.09. The minimum atomic E-state index is -0.242. The lowest BCUT2D eigenvalue weighted by Gasteiger charge is -2.02. The average molecular weight is 278 g/mol. The molecule has 1 heterocycles. The Hall–Kier alpha value is -3.08. The predicted octanol–water partition coefficient (Wildman–Crippen LogP) is 2.91. The van der Waals surface area contributed by atoms with E-state index in [2.05, 4.69) is 15.5 Å². The molecule has 0 aliphatic carbocycles. The average Bonchev–Trinajstić information content (AvgIpc) is 2.97. The maximum absolute atomic E-state index is 12.1. The zero-order valence-electron chi connectivity index (χ0n) is 11.2. The summed E-state index contributed by atoms with van der Waals surface area (Å²) in [6.45, 7) is 0. The van der Waals surface area contributed by atoms with Crippen LogP contribution in [-0.4, -0.2) is 16.1 Å². The number of hydrogen-bond donors (Lipinski definition) is 3. The van der Waals surface area contributed by atoms with E-state index >= 15 is 0 Å². The summed E-state index contributed by atoms with van der Waals surface area (Å²) in [5.74, 6) is 0.231. The van der Waals surface area contributed by atoms with Crippen LogP contribution in [0, 0.1) is 0 Å². The molecule has 21 heavy (non-hydrogen) atoms. The van der Waals surface area contributed by atoms with Gasteiger partial charge in [-0.25, -0.2) is 0 Å². The van der Waals surface area contributed by atoms with E-state index in [4.69, 9.17) is 5.73 Å². The van der Waals surface area contributed by atoms with Gasteiger partial charge in [-0.15, -0.1) is 0 Å². The van der Waals surface area contributed by atoms with Crippen molar-refractivity contribution in [3.63, 3.8) is 0 Å². The number of nitrogen functional groups attached to an aromatic ring is 1. The molecule has 4 N–H and O–H groups in total. The van der Waals surface area contributed by atoms with Gasteiger partial charge in [0.05, 0.1) is 5.69 Å². The second kappa shape index (κ2) is 5.50. The molecule has 0 spiro atoms. The lowest BCUT2D eigenvalue weighted by atomic mass is 10.1. The van der Waals surface area contributed by atoms with Gasteiger partial charge in [0.2, 0.25) is 0 Å². The molecule has 104 valence electrons. The molecule has 0 saturated carbocycles. The topological polar surface area (TPSA) is 83.8 Å². The van der Waals surface area contributed by atoms with Gasteiger partial charge in [0, 0.05) is 17.3 Å². The highest BCUT2D eigenvalue weighted by Crippen LogP contribution is 2.19. The van der Waals surface area contributed by atoms with Crippen LogP contribution in [0.1, 0.15) is 10.4 Å². The molecule has 0 fully saturated rings. The Balaban J connectivity index is 1.77. The lowest BCUT2D eigenvalue weighted by Crippen LogP contribution is -2.12. The van der Waals surface area contributed by atoms with Crippen molar-refractivity contribution < 1.29 is 4.79 Å². The van der Waals surface area contributed by atoms with Crippen molar-refractivity contribution in [3.05, 3.63) is 66.2 Å². The number of H-pyrrole nitrogens is 1. The summed E-state index contributed by atoms with van der Waals surface area (Å²) in [5, 5.41) is 9.73. The summed E-state index contributed by atoms with van der Waals surface area (Å²) in [6.07, 6.45) is 0. The third-order valence-corrected chi connectivity index (χ3v) is 3.05. The minimum absolute atomic E-state index is 0.242. The smallest absolute Gasteiger partial charge is 0.256 e. The Labute approximate surface area is 121 Å². The first-order valence-corrected chi connectivity index (χ1v) is 6.50. The number of carbonyl (C=O) groups is 1. The minimum Gasteiger partial charge on any atom is -0.399 e. The molecule has 0 bridgehead atoms. The fraction of sp³-hybridized carbons (Fsp3) is 0. The monoisotopic (exact) mass is 278 g/mol. The summed E-state index contributed by atoms with van der Waals surface area (Å²) in [4.78, 5) is 12.1. The maximum Gasteiger partial charge on any atom is 0.256 e. The summed E-state index contributed by atoms with van der Waals surface area (Å²) in [5.41, 5.74) is 8.57. The van der Waals surface area contributed by atoms with Gasteiger partial charge in [0.25, 0.3) is 5.91 Å². The largest absolute Gasteiger partial charge is 0.399 e. The molecule has 3 rings (SSSR count). The van der Waals surface area contributed by atoms with Crippen LogP contribution in [-0.2, 0) is 0 Å². The van der Waals surface area contributed by atoms with Crippen molar-refractivity contribution in [2.75, 3.05) is 11.1 Å². The van der Waals surface area contributed by atoms with Crippen molar-refractivity contribution in [2.45, 2.75) is 0 Å². The van der Waals surface area contributed by atoms with E-state index in [0.717, 1.165) is 11.3 Å². The fourth-order valence-electron chi connectivity index (χ4n) is 2.02. The summed E-state index contributed by atoms with van der Waals surface area (Å²) in [6, 6.07) is 18.4. The van der Waals surface area contributed by atoms with Crippen LogP contribution in [0.3, 0.4) is 0 Å². The standard InChI is InChI=1S/C16H14N4O/c17-13-8-4-7-12(9-13)16(21)18-15-10-14(19-20-15)11-5-2-1-3-6-11/h1-10H,17H2,(H2,18,19,20,21). The first kappa shape index (κ1) is 12.9. The zero-order valence-corrected chi connectivity index (χ0v) is 11.2. The molecular formula is C16H14N4O. The predicted molar refractivity (Wildman–Crippen MR) is 82.8 cm³/mol. The number of aromatic amines is 1. The first-order chi connectivity index (χ1) is 10.2. The number of benzene rings is 2. The Kier molecular flexibility index (Phi) is 3.39. The zero-order chi connectivity index (χ0) is 14.7. The molecule has 5 nitrogen and oxygen atoms in total. The van der Waals surface area contributed by atoms with Gasteiger partial charge in [0.1, 0.15) is 0 Å². The second-order valence-corrected chi connectivity index (χ2v) is 4.61. The van der Waals surface area contributed by atoms with Crippen LogP contribution < -0.4 is 11.1 Å². The number of nitrogens with one attached hydrogen (secondary N) is 2. The number of rotatable bonds is 3. The van der Waals surface area contributed by atoms with E-state index in [9.17, 15) is 4.79 Å². The first-order valence-electron chi connectivity index (χ1n) is 6.50. The molecule has 2 aromatic carbocycles. The van der Waals surface area contributed by atoms with Crippen LogP contribution in [0.4, 0.5) is 11.5 Å². The van der Waals surface area contributed by atoms with Gasteiger partial charge in [0.15, 0.2) is 5.82 Å². The maximum atomic E-state index is 12.1. The number of aromatic nitrogens is 2.